The maximum Gasteiger partial charge on any atom is 0.0476 e. The zero-order valence-corrected chi connectivity index (χ0v) is 13.3. The SMILES string of the molecule is Nc1ccc2[nH]c3c(c2c1)CCCC3NCCc1ccccc1. The predicted molar refractivity (Wildman–Crippen MR) is 96.5 cm³/mol. The third-order valence-corrected chi connectivity index (χ3v) is 4.88. The molecule has 1 aliphatic carbocycles. The lowest BCUT2D eigenvalue weighted by molar-refractivity contribution is 0.456. The van der Waals surface area contributed by atoms with E-state index in [0.29, 0.717) is 6.04 Å². The van der Waals surface area contributed by atoms with Gasteiger partial charge in [0.25, 0.3) is 0 Å². The summed E-state index contributed by atoms with van der Waals surface area (Å²) in [5.74, 6) is 0. The lowest BCUT2D eigenvalue weighted by Crippen LogP contribution is -2.27. The van der Waals surface area contributed by atoms with Crippen LogP contribution in [0.1, 0.15) is 35.7 Å². The molecule has 0 radical (unpaired) electrons. The molecule has 1 unspecified atom stereocenters. The molecule has 0 saturated carbocycles. The quantitative estimate of drug-likeness (QED) is 0.639. The molecule has 2 aromatic carbocycles. The van der Waals surface area contributed by atoms with Crippen molar-refractivity contribution < 1.29 is 0 Å². The number of aromatic nitrogens is 1. The van der Waals surface area contributed by atoms with Crippen LogP contribution in [0.5, 0.6) is 0 Å². The molecule has 0 spiro atoms. The van der Waals surface area contributed by atoms with E-state index in [-0.39, 0.29) is 0 Å². The fourth-order valence-corrected chi connectivity index (χ4v) is 3.72. The lowest BCUT2D eigenvalue weighted by atomic mass is 9.91. The number of nitrogen functional groups attached to an aromatic ring is 1. The Balaban J connectivity index is 1.52. The van der Waals surface area contributed by atoms with Crippen LogP contribution in [0.2, 0.25) is 0 Å². The molecule has 23 heavy (non-hydrogen) atoms. The smallest absolute Gasteiger partial charge is 0.0476 e. The molecule has 1 aromatic heterocycles. The van der Waals surface area contributed by atoms with Crippen LogP contribution in [0.25, 0.3) is 10.9 Å². The molecule has 4 rings (SSSR count). The number of benzene rings is 2. The van der Waals surface area contributed by atoms with E-state index in [9.17, 15) is 0 Å². The highest BCUT2D eigenvalue weighted by Crippen LogP contribution is 2.35. The van der Waals surface area contributed by atoms with Crippen molar-refractivity contribution in [2.24, 2.45) is 0 Å². The second kappa shape index (κ2) is 6.09. The van der Waals surface area contributed by atoms with Crippen molar-refractivity contribution in [3.8, 4) is 0 Å². The summed E-state index contributed by atoms with van der Waals surface area (Å²) in [4.78, 5) is 3.62. The van der Waals surface area contributed by atoms with Gasteiger partial charge in [0.1, 0.15) is 0 Å². The van der Waals surface area contributed by atoms with Gasteiger partial charge in [0.05, 0.1) is 0 Å². The van der Waals surface area contributed by atoms with Gasteiger partial charge in [0.15, 0.2) is 0 Å². The van der Waals surface area contributed by atoms with Crippen molar-refractivity contribution in [2.75, 3.05) is 12.3 Å². The Morgan fingerprint density at radius 2 is 2.00 bits per heavy atom. The van der Waals surface area contributed by atoms with Crippen LogP contribution in [0.4, 0.5) is 5.69 Å². The maximum absolute atomic E-state index is 5.97. The Bertz CT molecular complexity index is 804. The van der Waals surface area contributed by atoms with Gasteiger partial charge < -0.3 is 16.0 Å². The van der Waals surface area contributed by atoms with Crippen LogP contribution >= 0.6 is 0 Å². The van der Waals surface area contributed by atoms with Crippen molar-refractivity contribution in [2.45, 2.75) is 31.7 Å². The standard InChI is InChI=1S/C20H23N3/c21-15-9-10-18-17(13-15)16-7-4-8-19(20(16)23-18)22-12-11-14-5-2-1-3-6-14/h1-3,5-6,9-10,13,19,22-23H,4,7-8,11-12,21H2. The molecular weight excluding hydrogens is 282 g/mol. The van der Waals surface area contributed by atoms with Gasteiger partial charge in [-0.2, -0.15) is 0 Å². The minimum absolute atomic E-state index is 0.427. The number of hydrogen-bond acceptors (Lipinski definition) is 2. The first-order chi connectivity index (χ1) is 11.3. The molecular formula is C20H23N3. The van der Waals surface area contributed by atoms with Crippen molar-refractivity contribution in [1.29, 1.82) is 0 Å². The highest BCUT2D eigenvalue weighted by molar-refractivity contribution is 5.87. The summed E-state index contributed by atoms with van der Waals surface area (Å²) in [6, 6.07) is 17.3. The molecule has 0 fully saturated rings. The minimum atomic E-state index is 0.427. The van der Waals surface area contributed by atoms with Crippen LogP contribution in [0, 0.1) is 0 Å². The molecule has 0 aliphatic heterocycles. The molecule has 0 saturated heterocycles. The first kappa shape index (κ1) is 14.3. The zero-order valence-electron chi connectivity index (χ0n) is 13.3. The van der Waals surface area contributed by atoms with Crippen LogP contribution in [0.15, 0.2) is 48.5 Å². The number of fused-ring (bicyclic) bond motifs is 3. The van der Waals surface area contributed by atoms with Gasteiger partial charge in [-0.3, -0.25) is 0 Å². The molecule has 3 nitrogen and oxygen atoms in total. The molecule has 118 valence electrons. The van der Waals surface area contributed by atoms with E-state index in [1.54, 1.807) is 0 Å². The van der Waals surface area contributed by atoms with Crippen LogP contribution < -0.4 is 11.1 Å². The van der Waals surface area contributed by atoms with Crippen molar-refractivity contribution in [1.82, 2.24) is 10.3 Å². The molecule has 1 atom stereocenters. The van der Waals surface area contributed by atoms with Crippen LogP contribution in [-0.4, -0.2) is 11.5 Å². The Hall–Kier alpha value is -2.26. The molecule has 1 heterocycles. The largest absolute Gasteiger partial charge is 0.399 e. The summed E-state index contributed by atoms with van der Waals surface area (Å²) >= 11 is 0. The zero-order chi connectivity index (χ0) is 15.6. The summed E-state index contributed by atoms with van der Waals surface area (Å²) < 4.78 is 0. The van der Waals surface area contributed by atoms with E-state index in [1.807, 2.05) is 6.07 Å². The summed E-state index contributed by atoms with van der Waals surface area (Å²) in [6.45, 7) is 1.01. The van der Waals surface area contributed by atoms with Gasteiger partial charge in [0.2, 0.25) is 0 Å². The van der Waals surface area contributed by atoms with E-state index in [1.165, 1.54) is 40.6 Å². The van der Waals surface area contributed by atoms with Gasteiger partial charge in [-0.1, -0.05) is 30.3 Å². The van der Waals surface area contributed by atoms with Gasteiger partial charge in [0, 0.05) is 28.3 Å². The number of aromatic amines is 1. The average molecular weight is 305 g/mol. The third kappa shape index (κ3) is 2.84. The van der Waals surface area contributed by atoms with Gasteiger partial charge in [-0.25, -0.2) is 0 Å². The molecule has 0 amide bonds. The maximum atomic E-state index is 5.97. The Kier molecular flexibility index (Phi) is 3.80. The number of hydrogen-bond donors (Lipinski definition) is 3. The summed E-state index contributed by atoms with van der Waals surface area (Å²) in [6.07, 6.45) is 4.65. The first-order valence-corrected chi connectivity index (χ1v) is 8.48. The highest BCUT2D eigenvalue weighted by atomic mass is 14.9. The molecule has 0 bridgehead atoms. The van der Waals surface area contributed by atoms with Crippen molar-refractivity contribution >= 4 is 16.6 Å². The second-order valence-corrected chi connectivity index (χ2v) is 6.46. The predicted octanol–water partition coefficient (Wildman–Crippen LogP) is 3.96. The third-order valence-electron chi connectivity index (χ3n) is 4.88. The Morgan fingerprint density at radius 1 is 1.13 bits per heavy atom. The normalized spacial score (nSPS) is 17.3. The highest BCUT2D eigenvalue weighted by Gasteiger charge is 2.23. The van der Waals surface area contributed by atoms with E-state index in [4.69, 9.17) is 5.73 Å². The van der Waals surface area contributed by atoms with E-state index in [0.717, 1.165) is 25.1 Å². The number of anilines is 1. The number of rotatable bonds is 4. The number of nitrogens with two attached hydrogens (primary N) is 1. The fourth-order valence-electron chi connectivity index (χ4n) is 3.72. The van der Waals surface area contributed by atoms with E-state index in [2.05, 4.69) is 52.8 Å². The van der Waals surface area contributed by atoms with Crippen molar-refractivity contribution in [3.63, 3.8) is 0 Å². The number of aryl methyl sites for hydroxylation is 1. The Morgan fingerprint density at radius 3 is 2.87 bits per heavy atom. The number of nitrogens with one attached hydrogen (secondary N) is 2. The van der Waals surface area contributed by atoms with Gasteiger partial charge in [-0.15, -0.1) is 0 Å². The summed E-state index contributed by atoms with van der Waals surface area (Å²) in [5, 5.41) is 5.04. The number of H-pyrrole nitrogens is 1. The summed E-state index contributed by atoms with van der Waals surface area (Å²) in [5.41, 5.74) is 12.2. The first-order valence-electron chi connectivity index (χ1n) is 8.48. The molecule has 1 aliphatic rings. The van der Waals surface area contributed by atoms with Crippen molar-refractivity contribution in [3.05, 3.63) is 65.4 Å². The van der Waals surface area contributed by atoms with Crippen LogP contribution in [-0.2, 0) is 12.8 Å². The summed E-state index contributed by atoms with van der Waals surface area (Å²) in [7, 11) is 0. The molecule has 3 aromatic rings. The molecule has 3 heteroatoms. The van der Waals surface area contributed by atoms with Crippen LogP contribution in [0.3, 0.4) is 0 Å². The van der Waals surface area contributed by atoms with E-state index < -0.39 is 0 Å². The van der Waals surface area contributed by atoms with Gasteiger partial charge >= 0.3 is 0 Å². The topological polar surface area (TPSA) is 53.8 Å². The second-order valence-electron chi connectivity index (χ2n) is 6.46. The minimum Gasteiger partial charge on any atom is -0.399 e. The Labute approximate surface area is 136 Å². The average Bonchev–Trinajstić information content (AvgIpc) is 2.95. The fraction of sp³-hybridized carbons (Fsp3) is 0.300. The van der Waals surface area contributed by atoms with Gasteiger partial charge in [-0.05, 0) is 61.6 Å². The molecule has 4 N–H and O–H groups in total. The van der Waals surface area contributed by atoms with E-state index >= 15 is 0 Å². The lowest BCUT2D eigenvalue weighted by Gasteiger charge is -2.24. The monoisotopic (exact) mass is 305 g/mol.